The van der Waals surface area contributed by atoms with Crippen LogP contribution in [-0.4, -0.2) is 12.6 Å². The number of ether oxygens (including phenoxy) is 1. The summed E-state index contributed by atoms with van der Waals surface area (Å²) in [6.45, 7) is 8.08. The predicted octanol–water partition coefficient (Wildman–Crippen LogP) is 2.17. The summed E-state index contributed by atoms with van der Waals surface area (Å²) in [5, 5.41) is 3.44. The summed E-state index contributed by atoms with van der Waals surface area (Å²) >= 11 is 0. The maximum Gasteiger partial charge on any atom is 0.124 e. The van der Waals surface area contributed by atoms with Crippen LogP contribution in [0.5, 0.6) is 5.75 Å². The molecule has 0 saturated carbocycles. The predicted molar refractivity (Wildman–Crippen MR) is 57.7 cm³/mol. The molecule has 1 aliphatic heterocycles. The molecular formula is C12H17NO. The maximum absolute atomic E-state index is 5.76. The lowest BCUT2D eigenvalue weighted by molar-refractivity contribution is 0.287. The van der Waals surface area contributed by atoms with Crippen LogP contribution >= 0.6 is 0 Å². The second-order valence-electron chi connectivity index (χ2n) is 4.15. The molecule has 76 valence electrons. The lowest BCUT2D eigenvalue weighted by Crippen LogP contribution is -2.28. The fourth-order valence-corrected chi connectivity index (χ4v) is 1.86. The lowest BCUT2D eigenvalue weighted by Gasteiger charge is -2.10. The number of aryl methyl sites for hydroxylation is 2. The van der Waals surface area contributed by atoms with Gasteiger partial charge in [0.2, 0.25) is 0 Å². The SMILES string of the molecule is Cc1cc(C)c2c(c1)OCC(C)NC2. The van der Waals surface area contributed by atoms with Crippen molar-refractivity contribution < 1.29 is 4.74 Å². The van der Waals surface area contributed by atoms with E-state index in [-0.39, 0.29) is 0 Å². The van der Waals surface area contributed by atoms with Gasteiger partial charge in [-0.25, -0.2) is 0 Å². The topological polar surface area (TPSA) is 21.3 Å². The number of rotatable bonds is 0. The Morgan fingerprint density at radius 2 is 2.14 bits per heavy atom. The fourth-order valence-electron chi connectivity index (χ4n) is 1.86. The first kappa shape index (κ1) is 9.53. The first-order valence-corrected chi connectivity index (χ1v) is 5.13. The smallest absolute Gasteiger partial charge is 0.124 e. The van der Waals surface area contributed by atoms with Gasteiger partial charge in [0.1, 0.15) is 12.4 Å². The van der Waals surface area contributed by atoms with E-state index < -0.39 is 0 Å². The zero-order valence-corrected chi connectivity index (χ0v) is 9.05. The highest BCUT2D eigenvalue weighted by Crippen LogP contribution is 2.26. The van der Waals surface area contributed by atoms with Gasteiger partial charge in [-0.1, -0.05) is 6.07 Å². The van der Waals surface area contributed by atoms with Crippen LogP contribution < -0.4 is 10.1 Å². The molecular weight excluding hydrogens is 174 g/mol. The highest BCUT2D eigenvalue weighted by atomic mass is 16.5. The molecule has 0 amide bonds. The Morgan fingerprint density at radius 1 is 1.36 bits per heavy atom. The van der Waals surface area contributed by atoms with Gasteiger partial charge >= 0.3 is 0 Å². The molecule has 1 N–H and O–H groups in total. The van der Waals surface area contributed by atoms with Crippen LogP contribution in [0, 0.1) is 13.8 Å². The standard InChI is InChI=1S/C12H17NO/c1-8-4-9(2)11-6-13-10(3)7-14-12(11)5-8/h4-5,10,13H,6-7H2,1-3H3. The van der Waals surface area contributed by atoms with Gasteiger partial charge in [-0.3, -0.25) is 0 Å². The normalized spacial score (nSPS) is 20.9. The number of fused-ring (bicyclic) bond motifs is 1. The Morgan fingerprint density at radius 3 is 2.93 bits per heavy atom. The molecule has 0 aromatic heterocycles. The van der Waals surface area contributed by atoms with Gasteiger partial charge in [-0.05, 0) is 38.0 Å². The minimum Gasteiger partial charge on any atom is -0.492 e. The maximum atomic E-state index is 5.76. The Balaban J connectivity index is 2.40. The molecule has 1 unspecified atom stereocenters. The van der Waals surface area contributed by atoms with Crippen LogP contribution in [-0.2, 0) is 6.54 Å². The van der Waals surface area contributed by atoms with Crippen LogP contribution in [0.4, 0.5) is 0 Å². The van der Waals surface area contributed by atoms with Gasteiger partial charge < -0.3 is 10.1 Å². The van der Waals surface area contributed by atoms with Crippen molar-refractivity contribution in [3.05, 3.63) is 28.8 Å². The van der Waals surface area contributed by atoms with E-state index in [9.17, 15) is 0 Å². The molecule has 14 heavy (non-hydrogen) atoms. The molecule has 0 spiro atoms. The lowest BCUT2D eigenvalue weighted by atomic mass is 10.0. The minimum absolute atomic E-state index is 0.433. The molecule has 2 nitrogen and oxygen atoms in total. The van der Waals surface area contributed by atoms with Crippen LogP contribution in [0.3, 0.4) is 0 Å². The molecule has 0 aliphatic carbocycles. The summed E-state index contributed by atoms with van der Waals surface area (Å²) in [7, 11) is 0. The molecule has 1 heterocycles. The zero-order valence-electron chi connectivity index (χ0n) is 9.05. The summed E-state index contributed by atoms with van der Waals surface area (Å²) in [6, 6.07) is 4.77. The number of hydrogen-bond acceptors (Lipinski definition) is 2. The van der Waals surface area contributed by atoms with Gasteiger partial charge in [0.05, 0.1) is 0 Å². The third kappa shape index (κ3) is 1.75. The van der Waals surface area contributed by atoms with Crippen LogP contribution in [0.15, 0.2) is 12.1 Å². The van der Waals surface area contributed by atoms with E-state index in [1.165, 1.54) is 16.7 Å². The Bertz CT molecular complexity index is 346. The van der Waals surface area contributed by atoms with Gasteiger partial charge in [0.25, 0.3) is 0 Å². The zero-order chi connectivity index (χ0) is 10.1. The van der Waals surface area contributed by atoms with Gasteiger partial charge in [0.15, 0.2) is 0 Å². The molecule has 1 aromatic rings. The monoisotopic (exact) mass is 191 g/mol. The molecule has 0 radical (unpaired) electrons. The summed E-state index contributed by atoms with van der Waals surface area (Å²) < 4.78 is 5.76. The third-order valence-electron chi connectivity index (χ3n) is 2.69. The Labute approximate surface area is 85.3 Å². The van der Waals surface area contributed by atoms with Crippen LogP contribution in [0.25, 0.3) is 0 Å². The van der Waals surface area contributed by atoms with E-state index in [0.29, 0.717) is 6.04 Å². The third-order valence-corrected chi connectivity index (χ3v) is 2.69. The summed E-state index contributed by atoms with van der Waals surface area (Å²) in [6.07, 6.45) is 0. The first-order chi connectivity index (χ1) is 6.66. The largest absolute Gasteiger partial charge is 0.492 e. The van der Waals surface area contributed by atoms with Gasteiger partial charge in [-0.15, -0.1) is 0 Å². The molecule has 2 heteroatoms. The quantitative estimate of drug-likeness (QED) is 0.678. The first-order valence-electron chi connectivity index (χ1n) is 5.13. The molecule has 2 rings (SSSR count). The van der Waals surface area contributed by atoms with Crippen LogP contribution in [0.2, 0.25) is 0 Å². The highest BCUT2D eigenvalue weighted by Gasteiger charge is 2.14. The van der Waals surface area contributed by atoms with Crippen molar-refractivity contribution >= 4 is 0 Å². The molecule has 1 aliphatic rings. The summed E-state index contributed by atoms with van der Waals surface area (Å²) in [4.78, 5) is 0. The van der Waals surface area contributed by atoms with Gasteiger partial charge in [0, 0.05) is 18.2 Å². The van der Waals surface area contributed by atoms with Crippen molar-refractivity contribution in [2.75, 3.05) is 6.61 Å². The van der Waals surface area contributed by atoms with Crippen molar-refractivity contribution in [2.24, 2.45) is 0 Å². The Kier molecular flexibility index (Phi) is 2.46. The Hall–Kier alpha value is -1.02. The van der Waals surface area contributed by atoms with E-state index in [1.807, 2.05) is 0 Å². The molecule has 1 atom stereocenters. The van der Waals surface area contributed by atoms with Crippen LogP contribution in [0.1, 0.15) is 23.6 Å². The van der Waals surface area contributed by atoms with E-state index in [2.05, 4.69) is 38.2 Å². The minimum atomic E-state index is 0.433. The number of benzene rings is 1. The molecule has 0 saturated heterocycles. The highest BCUT2D eigenvalue weighted by molar-refractivity contribution is 5.43. The van der Waals surface area contributed by atoms with E-state index >= 15 is 0 Å². The summed E-state index contributed by atoms with van der Waals surface area (Å²) in [5.74, 6) is 1.05. The van der Waals surface area contributed by atoms with E-state index in [0.717, 1.165) is 18.9 Å². The summed E-state index contributed by atoms with van der Waals surface area (Å²) in [5.41, 5.74) is 3.90. The van der Waals surface area contributed by atoms with Crippen molar-refractivity contribution in [3.63, 3.8) is 0 Å². The van der Waals surface area contributed by atoms with E-state index in [4.69, 9.17) is 4.74 Å². The molecule has 0 bridgehead atoms. The van der Waals surface area contributed by atoms with Crippen molar-refractivity contribution in [1.29, 1.82) is 0 Å². The van der Waals surface area contributed by atoms with Gasteiger partial charge in [-0.2, -0.15) is 0 Å². The number of hydrogen-bond donors (Lipinski definition) is 1. The van der Waals surface area contributed by atoms with Crippen molar-refractivity contribution in [3.8, 4) is 5.75 Å². The fraction of sp³-hybridized carbons (Fsp3) is 0.500. The number of nitrogens with one attached hydrogen (secondary N) is 1. The molecule has 0 fully saturated rings. The second kappa shape index (κ2) is 3.62. The average Bonchev–Trinajstić information content (AvgIpc) is 2.28. The van der Waals surface area contributed by atoms with E-state index in [1.54, 1.807) is 0 Å². The van der Waals surface area contributed by atoms with Crippen molar-refractivity contribution in [2.45, 2.75) is 33.4 Å². The molecule has 1 aromatic carbocycles. The average molecular weight is 191 g/mol. The second-order valence-corrected chi connectivity index (χ2v) is 4.15. The van der Waals surface area contributed by atoms with Crippen molar-refractivity contribution in [1.82, 2.24) is 5.32 Å².